The van der Waals surface area contributed by atoms with Gasteiger partial charge in [0, 0.05) is 26.6 Å². The Morgan fingerprint density at radius 1 is 1.50 bits per heavy atom. The van der Waals surface area contributed by atoms with Crippen LogP contribution in [0.5, 0.6) is 0 Å². The SMILES string of the molecule is CCCNC(=O)CNCCc1nncn1C. The first kappa shape index (κ1) is 12.6. The highest BCUT2D eigenvalue weighted by atomic mass is 16.1. The molecule has 16 heavy (non-hydrogen) atoms. The number of aryl methyl sites for hydroxylation is 1. The standard InChI is InChI=1S/C10H19N5O/c1-3-5-12-10(16)7-11-6-4-9-14-13-8-15(9)2/h8,11H,3-7H2,1-2H3,(H,12,16). The average Bonchev–Trinajstić information content (AvgIpc) is 2.67. The fraction of sp³-hybridized carbons (Fsp3) is 0.700. The number of nitrogens with one attached hydrogen (secondary N) is 2. The van der Waals surface area contributed by atoms with Gasteiger partial charge < -0.3 is 15.2 Å². The van der Waals surface area contributed by atoms with Gasteiger partial charge in [0.2, 0.25) is 5.91 Å². The molecule has 1 amide bonds. The Balaban J connectivity index is 2.08. The Kier molecular flexibility index (Phi) is 5.49. The largest absolute Gasteiger partial charge is 0.355 e. The number of amides is 1. The van der Waals surface area contributed by atoms with Gasteiger partial charge in [-0.15, -0.1) is 10.2 Å². The van der Waals surface area contributed by atoms with Gasteiger partial charge in [0.25, 0.3) is 0 Å². The molecule has 0 fully saturated rings. The van der Waals surface area contributed by atoms with E-state index in [4.69, 9.17) is 0 Å². The lowest BCUT2D eigenvalue weighted by molar-refractivity contribution is -0.120. The summed E-state index contributed by atoms with van der Waals surface area (Å²) in [4.78, 5) is 11.2. The van der Waals surface area contributed by atoms with Gasteiger partial charge in [-0.1, -0.05) is 6.92 Å². The Labute approximate surface area is 95.4 Å². The first-order chi connectivity index (χ1) is 7.74. The average molecular weight is 225 g/mol. The Bertz CT molecular complexity index is 323. The quantitative estimate of drug-likeness (QED) is 0.612. The van der Waals surface area contributed by atoms with Gasteiger partial charge >= 0.3 is 0 Å². The number of carbonyl (C=O) groups is 1. The molecule has 0 saturated heterocycles. The van der Waals surface area contributed by atoms with Crippen LogP contribution in [0, 0.1) is 0 Å². The topological polar surface area (TPSA) is 71.8 Å². The van der Waals surface area contributed by atoms with Crippen molar-refractivity contribution in [2.24, 2.45) is 7.05 Å². The number of hydrogen-bond acceptors (Lipinski definition) is 4. The van der Waals surface area contributed by atoms with Crippen LogP contribution in [0.25, 0.3) is 0 Å². The molecule has 1 aromatic heterocycles. The lowest BCUT2D eigenvalue weighted by atomic mass is 10.4. The Hall–Kier alpha value is -1.43. The number of nitrogens with zero attached hydrogens (tertiary/aromatic N) is 3. The van der Waals surface area contributed by atoms with E-state index < -0.39 is 0 Å². The van der Waals surface area contributed by atoms with E-state index >= 15 is 0 Å². The zero-order valence-corrected chi connectivity index (χ0v) is 9.86. The molecule has 1 rings (SSSR count). The predicted octanol–water partition coefficient (Wildman–Crippen LogP) is -0.527. The van der Waals surface area contributed by atoms with Crippen molar-refractivity contribution in [1.29, 1.82) is 0 Å². The highest BCUT2D eigenvalue weighted by molar-refractivity contribution is 5.77. The van der Waals surface area contributed by atoms with Crippen LogP contribution in [0.1, 0.15) is 19.2 Å². The molecule has 0 unspecified atom stereocenters. The second-order valence-electron chi connectivity index (χ2n) is 3.63. The summed E-state index contributed by atoms with van der Waals surface area (Å²) in [6.45, 7) is 3.86. The maximum Gasteiger partial charge on any atom is 0.233 e. The molecule has 1 aromatic rings. The summed E-state index contributed by atoms with van der Waals surface area (Å²) >= 11 is 0. The molecule has 0 radical (unpaired) electrons. The van der Waals surface area contributed by atoms with Crippen molar-refractivity contribution < 1.29 is 4.79 Å². The minimum Gasteiger partial charge on any atom is -0.355 e. The molecule has 0 aromatic carbocycles. The molecule has 0 aliphatic carbocycles. The summed E-state index contributed by atoms with van der Waals surface area (Å²) < 4.78 is 1.87. The van der Waals surface area contributed by atoms with E-state index in [1.54, 1.807) is 6.33 Å². The fourth-order valence-electron chi connectivity index (χ4n) is 1.26. The van der Waals surface area contributed by atoms with Crippen molar-refractivity contribution in [3.8, 4) is 0 Å². The zero-order valence-electron chi connectivity index (χ0n) is 9.86. The van der Waals surface area contributed by atoms with Gasteiger partial charge in [-0.2, -0.15) is 0 Å². The second kappa shape index (κ2) is 6.95. The van der Waals surface area contributed by atoms with E-state index in [0.717, 1.165) is 31.8 Å². The minimum absolute atomic E-state index is 0.0415. The van der Waals surface area contributed by atoms with Gasteiger partial charge in [-0.3, -0.25) is 4.79 Å². The summed E-state index contributed by atoms with van der Waals surface area (Å²) in [5, 5.41) is 13.6. The molecule has 0 spiro atoms. The van der Waals surface area contributed by atoms with Crippen LogP contribution in [-0.4, -0.2) is 40.3 Å². The van der Waals surface area contributed by atoms with E-state index in [1.165, 1.54) is 0 Å². The molecule has 0 atom stereocenters. The number of carbonyl (C=O) groups excluding carboxylic acids is 1. The molecule has 6 nitrogen and oxygen atoms in total. The molecular weight excluding hydrogens is 206 g/mol. The normalized spacial score (nSPS) is 10.4. The highest BCUT2D eigenvalue weighted by Gasteiger charge is 2.01. The van der Waals surface area contributed by atoms with Crippen LogP contribution < -0.4 is 10.6 Å². The summed E-state index contributed by atoms with van der Waals surface area (Å²) in [7, 11) is 1.91. The smallest absolute Gasteiger partial charge is 0.233 e. The van der Waals surface area contributed by atoms with Gasteiger partial charge in [0.1, 0.15) is 12.2 Å². The second-order valence-corrected chi connectivity index (χ2v) is 3.63. The molecule has 0 aliphatic heterocycles. The first-order valence-electron chi connectivity index (χ1n) is 5.54. The lowest BCUT2D eigenvalue weighted by Crippen LogP contribution is -2.35. The number of aromatic nitrogens is 3. The molecule has 6 heteroatoms. The van der Waals surface area contributed by atoms with Crippen LogP contribution in [0.3, 0.4) is 0 Å². The van der Waals surface area contributed by atoms with Crippen LogP contribution >= 0.6 is 0 Å². The highest BCUT2D eigenvalue weighted by Crippen LogP contribution is 1.90. The summed E-state index contributed by atoms with van der Waals surface area (Å²) in [5.74, 6) is 0.960. The van der Waals surface area contributed by atoms with Crippen LogP contribution in [0.2, 0.25) is 0 Å². The lowest BCUT2D eigenvalue weighted by Gasteiger charge is -2.05. The monoisotopic (exact) mass is 225 g/mol. The molecule has 0 bridgehead atoms. The van der Waals surface area contributed by atoms with Crippen molar-refractivity contribution >= 4 is 5.91 Å². The summed E-state index contributed by atoms with van der Waals surface area (Å²) in [6.07, 6.45) is 3.41. The maximum absolute atomic E-state index is 11.2. The maximum atomic E-state index is 11.2. The van der Waals surface area contributed by atoms with Crippen LogP contribution in [0.15, 0.2) is 6.33 Å². The van der Waals surface area contributed by atoms with Gasteiger partial charge in [-0.25, -0.2) is 0 Å². The predicted molar refractivity (Wildman–Crippen MR) is 60.9 cm³/mol. The fourth-order valence-corrected chi connectivity index (χ4v) is 1.26. The van der Waals surface area contributed by atoms with Gasteiger partial charge in [0.05, 0.1) is 6.54 Å². The van der Waals surface area contributed by atoms with Crippen molar-refractivity contribution in [3.63, 3.8) is 0 Å². The van der Waals surface area contributed by atoms with E-state index in [2.05, 4.69) is 20.8 Å². The van der Waals surface area contributed by atoms with E-state index in [9.17, 15) is 4.79 Å². The number of rotatable bonds is 7. The van der Waals surface area contributed by atoms with Crippen molar-refractivity contribution in [2.75, 3.05) is 19.6 Å². The van der Waals surface area contributed by atoms with E-state index in [1.807, 2.05) is 18.5 Å². The van der Waals surface area contributed by atoms with Gasteiger partial charge in [-0.05, 0) is 6.42 Å². The Morgan fingerprint density at radius 3 is 2.94 bits per heavy atom. The van der Waals surface area contributed by atoms with Crippen LogP contribution in [0.4, 0.5) is 0 Å². The van der Waals surface area contributed by atoms with E-state index in [-0.39, 0.29) is 5.91 Å². The first-order valence-corrected chi connectivity index (χ1v) is 5.54. The third kappa shape index (κ3) is 4.39. The number of hydrogen-bond donors (Lipinski definition) is 2. The third-order valence-corrected chi connectivity index (χ3v) is 2.19. The summed E-state index contributed by atoms with van der Waals surface area (Å²) in [5.41, 5.74) is 0. The minimum atomic E-state index is 0.0415. The molecule has 90 valence electrons. The molecule has 2 N–H and O–H groups in total. The Morgan fingerprint density at radius 2 is 2.31 bits per heavy atom. The third-order valence-electron chi connectivity index (χ3n) is 2.19. The van der Waals surface area contributed by atoms with Crippen molar-refractivity contribution in [1.82, 2.24) is 25.4 Å². The van der Waals surface area contributed by atoms with E-state index in [0.29, 0.717) is 6.54 Å². The molecular formula is C10H19N5O. The van der Waals surface area contributed by atoms with Crippen molar-refractivity contribution in [3.05, 3.63) is 12.2 Å². The zero-order chi connectivity index (χ0) is 11.8. The molecule has 0 aliphatic rings. The molecule has 0 saturated carbocycles. The van der Waals surface area contributed by atoms with Gasteiger partial charge in [0.15, 0.2) is 0 Å². The van der Waals surface area contributed by atoms with Crippen LogP contribution in [-0.2, 0) is 18.3 Å². The molecule has 1 heterocycles. The summed E-state index contributed by atoms with van der Waals surface area (Å²) in [6, 6.07) is 0. The van der Waals surface area contributed by atoms with Crippen molar-refractivity contribution in [2.45, 2.75) is 19.8 Å².